The Kier molecular flexibility index (Phi) is 4.39. The van der Waals surface area contributed by atoms with E-state index in [1.807, 2.05) is 6.07 Å². The highest BCUT2D eigenvalue weighted by Gasteiger charge is 2.20. The minimum Gasteiger partial charge on any atom is -0.508 e. The van der Waals surface area contributed by atoms with Crippen molar-refractivity contribution in [2.24, 2.45) is 5.73 Å². The van der Waals surface area contributed by atoms with E-state index in [1.54, 1.807) is 24.3 Å². The van der Waals surface area contributed by atoms with Crippen molar-refractivity contribution in [1.82, 2.24) is 5.32 Å². The van der Waals surface area contributed by atoms with E-state index >= 15 is 0 Å². The molecular weight excluding hydrogens is 288 g/mol. The molecule has 1 unspecified atom stereocenters. The van der Waals surface area contributed by atoms with Gasteiger partial charge >= 0.3 is 0 Å². The normalized spacial score (nSPS) is 11.6. The predicted octanol–water partition coefficient (Wildman–Crippen LogP) is 1.85. The highest BCUT2D eigenvalue weighted by Crippen LogP contribution is 2.23. The standard InChI is InChI=1S/C15H14N2O3S/c16-14(21)13(9-4-2-1-3-5-9)17-15(20)11-8-10(18)6-7-12(11)19/h1-8,13,18-19H,(H2,16,21)(H,17,20). The van der Waals surface area contributed by atoms with Crippen LogP contribution in [0.2, 0.25) is 0 Å². The van der Waals surface area contributed by atoms with Gasteiger partial charge in [0, 0.05) is 0 Å². The fourth-order valence-electron chi connectivity index (χ4n) is 1.88. The van der Waals surface area contributed by atoms with Gasteiger partial charge in [-0.3, -0.25) is 4.79 Å². The Morgan fingerprint density at radius 1 is 1.14 bits per heavy atom. The van der Waals surface area contributed by atoms with Crippen molar-refractivity contribution < 1.29 is 15.0 Å². The lowest BCUT2D eigenvalue weighted by molar-refractivity contribution is 0.0943. The first-order valence-electron chi connectivity index (χ1n) is 6.16. The van der Waals surface area contributed by atoms with E-state index in [9.17, 15) is 15.0 Å². The number of benzene rings is 2. The maximum Gasteiger partial charge on any atom is 0.256 e. The van der Waals surface area contributed by atoms with Gasteiger partial charge in [0.1, 0.15) is 22.5 Å². The zero-order valence-corrected chi connectivity index (χ0v) is 11.8. The minimum absolute atomic E-state index is 0.0489. The van der Waals surface area contributed by atoms with Crippen molar-refractivity contribution in [2.75, 3.05) is 0 Å². The van der Waals surface area contributed by atoms with Gasteiger partial charge in [0.05, 0.1) is 5.56 Å². The zero-order chi connectivity index (χ0) is 15.4. The molecule has 0 radical (unpaired) electrons. The molecule has 0 aliphatic rings. The maximum absolute atomic E-state index is 12.2. The maximum atomic E-state index is 12.2. The first kappa shape index (κ1) is 14.8. The third-order valence-electron chi connectivity index (χ3n) is 2.92. The fraction of sp³-hybridized carbons (Fsp3) is 0.0667. The zero-order valence-electron chi connectivity index (χ0n) is 11.0. The number of nitrogens with one attached hydrogen (secondary N) is 1. The predicted molar refractivity (Wildman–Crippen MR) is 83.2 cm³/mol. The summed E-state index contributed by atoms with van der Waals surface area (Å²) in [6.07, 6.45) is 0. The average Bonchev–Trinajstić information content (AvgIpc) is 2.47. The van der Waals surface area contributed by atoms with E-state index in [2.05, 4.69) is 5.32 Å². The number of carbonyl (C=O) groups is 1. The summed E-state index contributed by atoms with van der Waals surface area (Å²) in [5, 5.41) is 21.7. The molecule has 1 atom stereocenters. The second-order valence-corrected chi connectivity index (χ2v) is 4.89. The number of thiocarbonyl (C=S) groups is 1. The Morgan fingerprint density at radius 2 is 1.81 bits per heavy atom. The topological polar surface area (TPSA) is 95.6 Å². The second-order valence-electron chi connectivity index (χ2n) is 4.42. The van der Waals surface area contributed by atoms with Crippen molar-refractivity contribution in [2.45, 2.75) is 6.04 Å². The van der Waals surface area contributed by atoms with Crippen molar-refractivity contribution >= 4 is 23.1 Å². The molecule has 108 valence electrons. The van der Waals surface area contributed by atoms with E-state index in [4.69, 9.17) is 18.0 Å². The van der Waals surface area contributed by atoms with E-state index in [1.165, 1.54) is 18.2 Å². The molecule has 0 saturated heterocycles. The summed E-state index contributed by atoms with van der Waals surface area (Å²) in [6, 6.07) is 12.1. The molecule has 0 aliphatic carbocycles. The molecule has 0 fully saturated rings. The first-order chi connectivity index (χ1) is 9.99. The summed E-state index contributed by atoms with van der Waals surface area (Å²) >= 11 is 4.98. The highest BCUT2D eigenvalue weighted by atomic mass is 32.1. The van der Waals surface area contributed by atoms with Crippen LogP contribution in [0.5, 0.6) is 11.5 Å². The number of amides is 1. The SMILES string of the molecule is NC(=S)C(NC(=O)c1cc(O)ccc1O)c1ccccc1. The van der Waals surface area contributed by atoms with Gasteiger partial charge in [-0.05, 0) is 23.8 Å². The van der Waals surface area contributed by atoms with Crippen molar-refractivity contribution in [3.63, 3.8) is 0 Å². The van der Waals surface area contributed by atoms with Gasteiger partial charge in [0.2, 0.25) is 0 Å². The number of phenolic OH excluding ortho intramolecular Hbond substituents is 2. The molecular formula is C15H14N2O3S. The van der Waals surface area contributed by atoms with Crippen LogP contribution in [-0.4, -0.2) is 21.1 Å². The molecule has 0 spiro atoms. The summed E-state index contributed by atoms with van der Waals surface area (Å²) in [5.41, 5.74) is 6.35. The molecule has 0 aromatic heterocycles. The van der Waals surface area contributed by atoms with Crippen molar-refractivity contribution in [1.29, 1.82) is 0 Å². The quantitative estimate of drug-likeness (QED) is 0.511. The number of rotatable bonds is 4. The number of hydrogen-bond acceptors (Lipinski definition) is 4. The van der Waals surface area contributed by atoms with E-state index in [0.29, 0.717) is 0 Å². The molecule has 0 bridgehead atoms. The van der Waals surface area contributed by atoms with Gasteiger partial charge in [-0.15, -0.1) is 0 Å². The van der Waals surface area contributed by atoms with Crippen LogP contribution in [0, 0.1) is 0 Å². The van der Waals surface area contributed by atoms with E-state index in [0.717, 1.165) is 5.56 Å². The van der Waals surface area contributed by atoms with E-state index in [-0.39, 0.29) is 22.1 Å². The third kappa shape index (κ3) is 3.49. The summed E-state index contributed by atoms with van der Waals surface area (Å²) in [7, 11) is 0. The lowest BCUT2D eigenvalue weighted by Gasteiger charge is -2.18. The van der Waals surface area contributed by atoms with Gasteiger partial charge < -0.3 is 21.3 Å². The first-order valence-corrected chi connectivity index (χ1v) is 6.57. The molecule has 2 rings (SSSR count). The number of aromatic hydroxyl groups is 2. The van der Waals surface area contributed by atoms with Crippen LogP contribution >= 0.6 is 12.2 Å². The summed E-state index contributed by atoms with van der Waals surface area (Å²) in [5.74, 6) is -0.936. The number of nitrogens with two attached hydrogens (primary N) is 1. The third-order valence-corrected chi connectivity index (χ3v) is 3.15. The molecule has 6 heteroatoms. The molecule has 5 nitrogen and oxygen atoms in total. The molecule has 2 aromatic rings. The molecule has 1 amide bonds. The largest absolute Gasteiger partial charge is 0.508 e. The summed E-state index contributed by atoms with van der Waals surface area (Å²) < 4.78 is 0. The number of phenols is 2. The van der Waals surface area contributed by atoms with Crippen LogP contribution in [0.25, 0.3) is 0 Å². The van der Waals surface area contributed by atoms with Crippen molar-refractivity contribution in [3.8, 4) is 11.5 Å². The van der Waals surface area contributed by atoms with Crippen LogP contribution in [0.4, 0.5) is 0 Å². The monoisotopic (exact) mass is 302 g/mol. The van der Waals surface area contributed by atoms with Gasteiger partial charge in [-0.2, -0.15) is 0 Å². The minimum atomic E-state index is -0.657. The van der Waals surface area contributed by atoms with Crippen LogP contribution in [0.15, 0.2) is 48.5 Å². The Balaban J connectivity index is 2.27. The Morgan fingerprint density at radius 3 is 2.43 bits per heavy atom. The van der Waals surface area contributed by atoms with Crippen LogP contribution in [0.1, 0.15) is 22.0 Å². The van der Waals surface area contributed by atoms with E-state index < -0.39 is 11.9 Å². The lowest BCUT2D eigenvalue weighted by Crippen LogP contribution is -2.36. The van der Waals surface area contributed by atoms with Gasteiger partial charge in [0.15, 0.2) is 0 Å². The van der Waals surface area contributed by atoms with Gasteiger partial charge in [-0.1, -0.05) is 42.5 Å². The molecule has 2 aromatic carbocycles. The summed E-state index contributed by atoms with van der Waals surface area (Å²) in [4.78, 5) is 12.3. The smallest absolute Gasteiger partial charge is 0.256 e. The number of carbonyl (C=O) groups excluding carboxylic acids is 1. The van der Waals surface area contributed by atoms with Crippen LogP contribution in [-0.2, 0) is 0 Å². The highest BCUT2D eigenvalue weighted by molar-refractivity contribution is 7.80. The van der Waals surface area contributed by atoms with Gasteiger partial charge in [-0.25, -0.2) is 0 Å². The molecule has 0 heterocycles. The molecule has 21 heavy (non-hydrogen) atoms. The van der Waals surface area contributed by atoms with Crippen molar-refractivity contribution in [3.05, 3.63) is 59.7 Å². The summed E-state index contributed by atoms with van der Waals surface area (Å²) in [6.45, 7) is 0. The van der Waals surface area contributed by atoms with Crippen LogP contribution in [0.3, 0.4) is 0 Å². The Labute approximate surface area is 127 Å². The van der Waals surface area contributed by atoms with Gasteiger partial charge in [0.25, 0.3) is 5.91 Å². The average molecular weight is 302 g/mol. The Bertz CT molecular complexity index is 674. The molecule has 0 saturated carbocycles. The number of hydrogen-bond donors (Lipinski definition) is 4. The fourth-order valence-corrected chi connectivity index (χ4v) is 2.07. The molecule has 0 aliphatic heterocycles. The Hall–Kier alpha value is -2.60. The molecule has 5 N–H and O–H groups in total. The second kappa shape index (κ2) is 6.23. The lowest BCUT2D eigenvalue weighted by atomic mass is 10.1. The van der Waals surface area contributed by atoms with Crippen LogP contribution < -0.4 is 11.1 Å².